The van der Waals surface area contributed by atoms with Crippen LogP contribution in [0.2, 0.25) is 5.02 Å². The molecule has 0 aromatic heterocycles. The van der Waals surface area contributed by atoms with Crippen LogP contribution >= 0.6 is 34.2 Å². The molecule has 1 atom stereocenters. The third-order valence-corrected chi connectivity index (χ3v) is 3.87. The van der Waals surface area contributed by atoms with E-state index in [1.54, 1.807) is 0 Å². The van der Waals surface area contributed by atoms with E-state index in [9.17, 15) is 0 Å². The topological polar surface area (TPSA) is 12.0 Å². The first kappa shape index (κ1) is 11.0. The Morgan fingerprint density at radius 1 is 1.33 bits per heavy atom. The molecular formula is C12H11ClIN. The standard InChI is InChI=1S/C12H11ClIN/c1-8-11(14)6-7-12(15-8)9-2-4-10(13)5-3-9/h2-5,7,11,15H,1,6H2. The van der Waals surface area contributed by atoms with Gasteiger partial charge in [0, 0.05) is 16.4 Å². The number of nitrogens with one attached hydrogen (secondary N) is 1. The van der Waals surface area contributed by atoms with Crippen LogP contribution in [0.25, 0.3) is 5.70 Å². The van der Waals surface area contributed by atoms with E-state index in [1.807, 2.05) is 24.3 Å². The number of halogens is 2. The molecule has 1 nitrogen and oxygen atoms in total. The lowest BCUT2D eigenvalue weighted by Gasteiger charge is -2.22. The second-order valence-corrected chi connectivity index (χ2v) is 5.42. The lowest BCUT2D eigenvalue weighted by molar-refractivity contribution is 0.899. The van der Waals surface area contributed by atoms with Crippen LogP contribution in [0, 0.1) is 0 Å². The number of rotatable bonds is 1. The lowest BCUT2D eigenvalue weighted by atomic mass is 10.1. The highest BCUT2D eigenvalue weighted by Crippen LogP contribution is 2.25. The van der Waals surface area contributed by atoms with Crippen molar-refractivity contribution in [3.63, 3.8) is 0 Å². The molecule has 0 saturated heterocycles. The summed E-state index contributed by atoms with van der Waals surface area (Å²) >= 11 is 8.23. The molecule has 15 heavy (non-hydrogen) atoms. The molecule has 2 rings (SSSR count). The van der Waals surface area contributed by atoms with Gasteiger partial charge in [-0.1, -0.05) is 59.0 Å². The average Bonchev–Trinajstić information content (AvgIpc) is 2.23. The van der Waals surface area contributed by atoms with Crippen LogP contribution in [-0.4, -0.2) is 3.92 Å². The van der Waals surface area contributed by atoms with Gasteiger partial charge in [-0.15, -0.1) is 0 Å². The minimum atomic E-state index is 0.485. The van der Waals surface area contributed by atoms with Gasteiger partial charge in [-0.25, -0.2) is 0 Å². The van der Waals surface area contributed by atoms with Gasteiger partial charge in [-0.3, -0.25) is 0 Å². The summed E-state index contributed by atoms with van der Waals surface area (Å²) < 4.78 is 0.485. The van der Waals surface area contributed by atoms with Crippen LogP contribution in [0.5, 0.6) is 0 Å². The second-order valence-electron chi connectivity index (χ2n) is 3.48. The quantitative estimate of drug-likeness (QED) is 0.606. The Bertz CT molecular complexity index is 408. The molecule has 0 radical (unpaired) electrons. The Morgan fingerprint density at radius 2 is 2.00 bits per heavy atom. The maximum atomic E-state index is 5.84. The fourth-order valence-corrected chi connectivity index (χ4v) is 2.02. The van der Waals surface area contributed by atoms with Gasteiger partial charge in [0.15, 0.2) is 0 Å². The third kappa shape index (κ3) is 2.55. The van der Waals surface area contributed by atoms with E-state index in [0.29, 0.717) is 3.92 Å². The first-order valence-corrected chi connectivity index (χ1v) is 6.35. The number of hydrogen-bond acceptors (Lipinski definition) is 1. The SMILES string of the molecule is C=C1NC(c2ccc(Cl)cc2)=CCC1I. The summed E-state index contributed by atoms with van der Waals surface area (Å²) in [7, 11) is 0. The molecule has 1 aromatic carbocycles. The van der Waals surface area contributed by atoms with E-state index in [1.165, 1.54) is 0 Å². The number of benzene rings is 1. The van der Waals surface area contributed by atoms with Gasteiger partial charge >= 0.3 is 0 Å². The van der Waals surface area contributed by atoms with Gasteiger partial charge in [0.05, 0.1) is 3.92 Å². The predicted molar refractivity (Wildman–Crippen MR) is 74.1 cm³/mol. The van der Waals surface area contributed by atoms with Crippen molar-refractivity contribution in [1.82, 2.24) is 5.32 Å². The Morgan fingerprint density at radius 3 is 2.60 bits per heavy atom. The summed E-state index contributed by atoms with van der Waals surface area (Å²) in [6.45, 7) is 4.00. The molecular weight excluding hydrogens is 320 g/mol. The molecule has 0 spiro atoms. The first-order chi connectivity index (χ1) is 7.16. The largest absolute Gasteiger partial charge is 0.358 e. The molecule has 3 heteroatoms. The summed E-state index contributed by atoms with van der Waals surface area (Å²) in [5.74, 6) is 0. The summed E-state index contributed by atoms with van der Waals surface area (Å²) in [6, 6.07) is 7.83. The van der Waals surface area contributed by atoms with E-state index >= 15 is 0 Å². The normalized spacial score (nSPS) is 20.8. The first-order valence-electron chi connectivity index (χ1n) is 4.73. The van der Waals surface area contributed by atoms with E-state index < -0.39 is 0 Å². The van der Waals surface area contributed by atoms with Crippen LogP contribution in [-0.2, 0) is 0 Å². The van der Waals surface area contributed by atoms with Crippen LogP contribution in [0.3, 0.4) is 0 Å². The van der Waals surface area contributed by atoms with Gasteiger partial charge in [0.25, 0.3) is 0 Å². The molecule has 0 aliphatic carbocycles. The van der Waals surface area contributed by atoms with Crippen molar-refractivity contribution in [2.45, 2.75) is 10.3 Å². The highest BCUT2D eigenvalue weighted by atomic mass is 127. The maximum absolute atomic E-state index is 5.84. The molecule has 0 fully saturated rings. The maximum Gasteiger partial charge on any atom is 0.0539 e. The van der Waals surface area contributed by atoms with Gasteiger partial charge < -0.3 is 5.32 Å². The minimum absolute atomic E-state index is 0.485. The van der Waals surface area contributed by atoms with E-state index in [-0.39, 0.29) is 0 Å². The zero-order valence-corrected chi connectivity index (χ0v) is 11.0. The molecule has 1 aliphatic heterocycles. The fraction of sp³-hybridized carbons (Fsp3) is 0.167. The molecule has 0 amide bonds. The predicted octanol–water partition coefficient (Wildman–Crippen LogP) is 3.99. The van der Waals surface area contributed by atoms with Crippen LogP contribution < -0.4 is 5.32 Å². The Hall–Kier alpha value is -0.480. The number of hydrogen-bond donors (Lipinski definition) is 1. The molecule has 1 N–H and O–H groups in total. The molecule has 0 bridgehead atoms. The molecule has 78 valence electrons. The van der Waals surface area contributed by atoms with Gasteiger partial charge in [-0.2, -0.15) is 0 Å². The van der Waals surface area contributed by atoms with Crippen LogP contribution in [0.1, 0.15) is 12.0 Å². The highest BCUT2D eigenvalue weighted by Gasteiger charge is 2.15. The fourth-order valence-electron chi connectivity index (χ4n) is 1.49. The number of allylic oxidation sites excluding steroid dienone is 2. The summed E-state index contributed by atoms with van der Waals surface area (Å²) in [4.78, 5) is 0. The highest BCUT2D eigenvalue weighted by molar-refractivity contribution is 14.1. The van der Waals surface area contributed by atoms with E-state index in [2.05, 4.69) is 40.6 Å². The molecule has 0 saturated carbocycles. The monoisotopic (exact) mass is 331 g/mol. The zero-order chi connectivity index (χ0) is 10.8. The van der Waals surface area contributed by atoms with Crippen LogP contribution in [0.15, 0.2) is 42.6 Å². The van der Waals surface area contributed by atoms with E-state index in [0.717, 1.165) is 28.4 Å². The van der Waals surface area contributed by atoms with Crippen molar-refractivity contribution in [3.8, 4) is 0 Å². The summed E-state index contributed by atoms with van der Waals surface area (Å²) in [5.41, 5.74) is 3.36. The average molecular weight is 332 g/mol. The zero-order valence-electron chi connectivity index (χ0n) is 8.13. The Labute approximate surface area is 108 Å². The van der Waals surface area contributed by atoms with E-state index in [4.69, 9.17) is 11.6 Å². The van der Waals surface area contributed by atoms with Crippen molar-refractivity contribution in [3.05, 3.63) is 53.2 Å². The second kappa shape index (κ2) is 4.58. The molecule has 1 aromatic rings. The van der Waals surface area contributed by atoms with Gasteiger partial charge in [0.2, 0.25) is 0 Å². The van der Waals surface area contributed by atoms with Crippen molar-refractivity contribution >= 4 is 39.9 Å². The molecule has 1 heterocycles. The third-order valence-electron chi connectivity index (χ3n) is 2.36. The summed E-state index contributed by atoms with van der Waals surface area (Å²) in [5, 5.41) is 4.08. The van der Waals surface area contributed by atoms with Crippen LogP contribution in [0.4, 0.5) is 0 Å². The number of alkyl halides is 1. The molecule has 1 unspecified atom stereocenters. The molecule has 1 aliphatic rings. The minimum Gasteiger partial charge on any atom is -0.358 e. The smallest absolute Gasteiger partial charge is 0.0539 e. The van der Waals surface area contributed by atoms with Gasteiger partial charge in [-0.05, 0) is 24.1 Å². The Balaban J connectivity index is 2.25. The van der Waals surface area contributed by atoms with Crippen molar-refractivity contribution in [2.75, 3.05) is 0 Å². The van der Waals surface area contributed by atoms with Crippen molar-refractivity contribution < 1.29 is 0 Å². The van der Waals surface area contributed by atoms with Crippen molar-refractivity contribution in [1.29, 1.82) is 0 Å². The Kier molecular flexibility index (Phi) is 3.36. The lowest BCUT2D eigenvalue weighted by Crippen LogP contribution is -2.22. The van der Waals surface area contributed by atoms with Gasteiger partial charge in [0.1, 0.15) is 0 Å². The summed E-state index contributed by atoms with van der Waals surface area (Å²) in [6.07, 6.45) is 3.24. The van der Waals surface area contributed by atoms with Crippen molar-refractivity contribution in [2.24, 2.45) is 0 Å².